The number of carbonyl (C=O) groups excluding carboxylic acids is 1. The van der Waals surface area contributed by atoms with Crippen molar-refractivity contribution in [3.05, 3.63) is 28.2 Å². The molecule has 1 amide bonds. The molecule has 1 aromatic carbocycles. The van der Waals surface area contributed by atoms with Gasteiger partial charge in [0.05, 0.1) is 0 Å². The fraction of sp³-hybridized carbons (Fsp3) is 0.533. The molecule has 5 heteroatoms. The van der Waals surface area contributed by atoms with Crippen molar-refractivity contribution in [2.45, 2.75) is 38.8 Å². The van der Waals surface area contributed by atoms with Crippen LogP contribution in [0.2, 0.25) is 0 Å². The minimum absolute atomic E-state index is 0.0568. The van der Waals surface area contributed by atoms with E-state index in [0.29, 0.717) is 0 Å². The topological polar surface area (TPSA) is 55.6 Å². The van der Waals surface area contributed by atoms with Gasteiger partial charge in [-0.25, -0.2) is 0 Å². The highest BCUT2D eigenvalue weighted by Crippen LogP contribution is 2.26. The van der Waals surface area contributed by atoms with Gasteiger partial charge in [-0.15, -0.1) is 0 Å². The van der Waals surface area contributed by atoms with E-state index in [9.17, 15) is 4.79 Å². The summed E-state index contributed by atoms with van der Waals surface area (Å²) in [5, 5.41) is 0. The zero-order valence-electron chi connectivity index (χ0n) is 12.5. The summed E-state index contributed by atoms with van der Waals surface area (Å²) >= 11 is 3.46. The summed E-state index contributed by atoms with van der Waals surface area (Å²) in [7, 11) is 3.44. The normalized spacial score (nSPS) is 13.7. The average molecular weight is 343 g/mol. The van der Waals surface area contributed by atoms with Crippen molar-refractivity contribution >= 4 is 21.8 Å². The highest BCUT2D eigenvalue weighted by atomic mass is 79.9. The zero-order valence-corrected chi connectivity index (χ0v) is 14.1. The molecule has 0 aromatic heterocycles. The van der Waals surface area contributed by atoms with E-state index in [0.717, 1.165) is 28.6 Å². The van der Waals surface area contributed by atoms with Gasteiger partial charge in [0, 0.05) is 24.6 Å². The Labute approximate surface area is 129 Å². The summed E-state index contributed by atoms with van der Waals surface area (Å²) in [6.07, 6.45) is 1.12. The van der Waals surface area contributed by atoms with Crippen LogP contribution in [0.4, 0.5) is 0 Å². The van der Waals surface area contributed by atoms with Crippen molar-refractivity contribution in [3.63, 3.8) is 0 Å². The minimum Gasteiger partial charge on any atom is -0.481 e. The first-order valence-electron chi connectivity index (χ1n) is 6.77. The van der Waals surface area contributed by atoms with E-state index in [2.05, 4.69) is 22.9 Å². The summed E-state index contributed by atoms with van der Waals surface area (Å²) in [6, 6.07) is 5.87. The van der Waals surface area contributed by atoms with Crippen LogP contribution in [0.15, 0.2) is 22.7 Å². The Bertz CT molecular complexity index is 463. The van der Waals surface area contributed by atoms with Crippen molar-refractivity contribution in [2.75, 3.05) is 14.1 Å². The van der Waals surface area contributed by atoms with Crippen LogP contribution >= 0.6 is 15.9 Å². The van der Waals surface area contributed by atoms with E-state index >= 15 is 0 Å². The third-order valence-corrected chi connectivity index (χ3v) is 3.61. The molecule has 0 spiro atoms. The lowest BCUT2D eigenvalue weighted by Crippen LogP contribution is -2.35. The molecule has 2 N–H and O–H groups in total. The number of amides is 1. The predicted molar refractivity (Wildman–Crippen MR) is 84.9 cm³/mol. The molecule has 0 fully saturated rings. The maximum absolute atomic E-state index is 11.9. The molecule has 0 aliphatic carbocycles. The molecule has 2 atom stereocenters. The lowest BCUT2D eigenvalue weighted by molar-refractivity contribution is -0.135. The van der Waals surface area contributed by atoms with Gasteiger partial charge in [-0.2, -0.15) is 0 Å². The largest absolute Gasteiger partial charge is 0.481 e. The van der Waals surface area contributed by atoms with Gasteiger partial charge in [-0.05, 0) is 43.5 Å². The van der Waals surface area contributed by atoms with Crippen LogP contribution in [-0.4, -0.2) is 37.0 Å². The molecule has 20 heavy (non-hydrogen) atoms. The molecule has 0 saturated carbocycles. The lowest BCUT2D eigenvalue weighted by atomic mass is 10.0. The Kier molecular flexibility index (Phi) is 6.49. The van der Waals surface area contributed by atoms with Gasteiger partial charge in [0.2, 0.25) is 0 Å². The Balaban J connectivity index is 2.91. The highest BCUT2D eigenvalue weighted by Gasteiger charge is 2.18. The summed E-state index contributed by atoms with van der Waals surface area (Å²) in [5.74, 6) is 0.665. The number of likely N-dealkylation sites (N-methyl/N-ethyl adjacent to an activating group) is 1. The smallest absolute Gasteiger partial charge is 0.262 e. The van der Waals surface area contributed by atoms with Crippen LogP contribution in [0.25, 0.3) is 0 Å². The summed E-state index contributed by atoms with van der Waals surface area (Å²) in [5.41, 5.74) is 7.04. The number of rotatable bonds is 6. The third kappa shape index (κ3) is 4.80. The van der Waals surface area contributed by atoms with Gasteiger partial charge < -0.3 is 15.4 Å². The molecule has 1 aromatic rings. The Hall–Kier alpha value is -1.07. The molecule has 0 saturated heterocycles. The van der Waals surface area contributed by atoms with Crippen LogP contribution in [0.3, 0.4) is 0 Å². The van der Waals surface area contributed by atoms with E-state index in [1.807, 2.05) is 18.2 Å². The number of carbonyl (C=O) groups is 1. The predicted octanol–water partition coefficient (Wildman–Crippen LogP) is 2.58. The van der Waals surface area contributed by atoms with E-state index in [-0.39, 0.29) is 11.9 Å². The van der Waals surface area contributed by atoms with Gasteiger partial charge >= 0.3 is 0 Å². The van der Waals surface area contributed by atoms with Crippen molar-refractivity contribution in [3.8, 4) is 5.75 Å². The molecule has 0 aliphatic heterocycles. The second kappa shape index (κ2) is 7.64. The summed E-state index contributed by atoms with van der Waals surface area (Å²) in [4.78, 5) is 13.4. The molecule has 0 aliphatic rings. The quantitative estimate of drug-likeness (QED) is 0.864. The van der Waals surface area contributed by atoms with Crippen LogP contribution in [0.1, 0.15) is 25.8 Å². The van der Waals surface area contributed by atoms with Gasteiger partial charge in [0.25, 0.3) is 5.91 Å². The first-order chi connectivity index (χ1) is 9.35. The van der Waals surface area contributed by atoms with E-state index in [1.165, 1.54) is 4.90 Å². The number of hydrogen-bond acceptors (Lipinski definition) is 3. The second-order valence-electron chi connectivity index (χ2n) is 5.12. The molecule has 0 radical (unpaired) electrons. The van der Waals surface area contributed by atoms with Crippen LogP contribution < -0.4 is 10.5 Å². The van der Waals surface area contributed by atoms with E-state index in [1.54, 1.807) is 21.0 Å². The number of nitrogens with zero attached hydrogens (tertiary/aromatic N) is 1. The maximum atomic E-state index is 11.9. The summed E-state index contributed by atoms with van der Waals surface area (Å²) < 4.78 is 6.78. The minimum atomic E-state index is -0.511. The third-order valence-electron chi connectivity index (χ3n) is 3.12. The van der Waals surface area contributed by atoms with E-state index in [4.69, 9.17) is 10.5 Å². The molecule has 0 heterocycles. The number of nitrogens with two attached hydrogens (primary N) is 1. The van der Waals surface area contributed by atoms with Crippen LogP contribution in [-0.2, 0) is 11.2 Å². The van der Waals surface area contributed by atoms with E-state index < -0.39 is 6.10 Å². The lowest BCUT2D eigenvalue weighted by Gasteiger charge is -2.21. The standard InChI is InChI=1S/C15H23BrN2O2/c1-5-13(17)9-11-8-12(16)6-7-14(11)20-10(2)15(19)18(3)4/h6-8,10,13H,5,9,17H2,1-4H3. The van der Waals surface area contributed by atoms with Gasteiger partial charge in [-0.3, -0.25) is 4.79 Å². The van der Waals surface area contributed by atoms with Crippen LogP contribution in [0.5, 0.6) is 5.75 Å². The van der Waals surface area contributed by atoms with Crippen molar-refractivity contribution in [1.29, 1.82) is 0 Å². The monoisotopic (exact) mass is 342 g/mol. The fourth-order valence-corrected chi connectivity index (χ4v) is 2.26. The molecule has 112 valence electrons. The summed E-state index contributed by atoms with van der Waals surface area (Å²) in [6.45, 7) is 3.81. The molecule has 4 nitrogen and oxygen atoms in total. The molecular weight excluding hydrogens is 320 g/mol. The average Bonchev–Trinajstić information content (AvgIpc) is 2.40. The maximum Gasteiger partial charge on any atom is 0.262 e. The number of halogens is 1. The Morgan fingerprint density at radius 3 is 2.65 bits per heavy atom. The highest BCUT2D eigenvalue weighted by molar-refractivity contribution is 9.10. The van der Waals surface area contributed by atoms with Crippen molar-refractivity contribution in [1.82, 2.24) is 4.90 Å². The first-order valence-corrected chi connectivity index (χ1v) is 7.56. The SMILES string of the molecule is CCC(N)Cc1cc(Br)ccc1OC(C)C(=O)N(C)C. The Morgan fingerprint density at radius 2 is 2.10 bits per heavy atom. The van der Waals surface area contributed by atoms with Crippen molar-refractivity contribution in [2.24, 2.45) is 5.73 Å². The number of ether oxygens (including phenoxy) is 1. The van der Waals surface area contributed by atoms with Crippen molar-refractivity contribution < 1.29 is 9.53 Å². The van der Waals surface area contributed by atoms with Gasteiger partial charge in [-0.1, -0.05) is 22.9 Å². The number of benzene rings is 1. The molecule has 1 rings (SSSR count). The second-order valence-corrected chi connectivity index (χ2v) is 6.03. The molecular formula is C15H23BrN2O2. The molecule has 0 bridgehead atoms. The number of hydrogen-bond donors (Lipinski definition) is 1. The Morgan fingerprint density at radius 1 is 1.45 bits per heavy atom. The molecule has 2 unspecified atom stereocenters. The van der Waals surface area contributed by atoms with Gasteiger partial charge in [0.1, 0.15) is 5.75 Å². The van der Waals surface area contributed by atoms with Crippen LogP contribution in [0, 0.1) is 0 Å². The fourth-order valence-electron chi connectivity index (χ4n) is 1.85. The van der Waals surface area contributed by atoms with Gasteiger partial charge in [0.15, 0.2) is 6.10 Å². The zero-order chi connectivity index (χ0) is 15.3. The first kappa shape index (κ1) is 17.0.